The molecule has 3 fully saturated rings. The van der Waals surface area contributed by atoms with Crippen molar-refractivity contribution < 1.29 is 38.0 Å². The Morgan fingerprint density at radius 2 is 1.96 bits per heavy atom. The van der Waals surface area contributed by atoms with Crippen molar-refractivity contribution in [2.45, 2.75) is 12.8 Å². The van der Waals surface area contributed by atoms with Gasteiger partial charge in [-0.2, -0.15) is 0 Å². The lowest BCUT2D eigenvalue weighted by Crippen LogP contribution is -3.00. The van der Waals surface area contributed by atoms with Gasteiger partial charge in [-0.15, -0.1) is 11.3 Å². The summed E-state index contributed by atoms with van der Waals surface area (Å²) in [7, 11) is 2.33. The first-order valence-corrected chi connectivity index (χ1v) is 9.91. The molecule has 26 heavy (non-hydrogen) atoms. The van der Waals surface area contributed by atoms with Gasteiger partial charge in [0.25, 0.3) is 0 Å². The molecule has 140 valence electrons. The van der Waals surface area contributed by atoms with Crippen LogP contribution in [-0.4, -0.2) is 43.9 Å². The van der Waals surface area contributed by atoms with Crippen LogP contribution in [0.15, 0.2) is 41.8 Å². The summed E-state index contributed by atoms with van der Waals surface area (Å²) < 4.78 is 6.74. The predicted molar refractivity (Wildman–Crippen MR) is 102 cm³/mol. The highest BCUT2D eigenvalue weighted by Crippen LogP contribution is 2.37. The third-order valence-corrected chi connectivity index (χ3v) is 6.75. The van der Waals surface area contributed by atoms with Crippen molar-refractivity contribution in [1.29, 1.82) is 0 Å². The highest BCUT2D eigenvalue weighted by Gasteiger charge is 2.43. The first kappa shape index (κ1) is 19.6. The summed E-state index contributed by atoms with van der Waals surface area (Å²) in [5.74, 6) is 1.24. The number of amides is 1. The zero-order valence-corrected chi connectivity index (χ0v) is 18.0. The van der Waals surface area contributed by atoms with Crippen LogP contribution in [0.5, 0.6) is 0 Å². The second kappa shape index (κ2) is 8.27. The van der Waals surface area contributed by atoms with Gasteiger partial charge in [0.05, 0.1) is 37.2 Å². The van der Waals surface area contributed by atoms with Crippen LogP contribution in [0.25, 0.3) is 10.4 Å². The largest absolute Gasteiger partial charge is 1.00 e. The fraction of sp³-hybridized carbons (Fsp3) is 0.450. The summed E-state index contributed by atoms with van der Waals surface area (Å²) in [6.07, 6.45) is 2.21. The lowest BCUT2D eigenvalue weighted by Gasteiger charge is -2.50. The maximum atomic E-state index is 12.3. The molecule has 3 saturated heterocycles. The molecule has 4 nitrogen and oxygen atoms in total. The summed E-state index contributed by atoms with van der Waals surface area (Å²) in [6.45, 7) is 4.24. The number of anilines is 1. The second-order valence-corrected chi connectivity index (χ2v) is 8.52. The number of nitrogens with zero attached hydrogens (tertiary/aromatic N) is 1. The van der Waals surface area contributed by atoms with Gasteiger partial charge in [0.2, 0.25) is 0 Å². The molecule has 0 radical (unpaired) electrons. The Morgan fingerprint density at radius 1 is 1.23 bits per heavy atom. The number of rotatable bonds is 4. The smallest absolute Gasteiger partial charge is 0.411 e. The van der Waals surface area contributed by atoms with Crippen molar-refractivity contribution in [1.82, 2.24) is 0 Å². The lowest BCUT2D eigenvalue weighted by molar-refractivity contribution is -0.929. The minimum atomic E-state index is -0.338. The molecular formula is C20H25IN2O2S. The van der Waals surface area contributed by atoms with Crippen molar-refractivity contribution >= 4 is 23.1 Å². The number of hydrogen-bond donors (Lipinski definition) is 1. The number of benzene rings is 1. The van der Waals surface area contributed by atoms with Gasteiger partial charge >= 0.3 is 6.09 Å². The Morgan fingerprint density at radius 3 is 2.65 bits per heavy atom. The fourth-order valence-electron chi connectivity index (χ4n) is 4.32. The van der Waals surface area contributed by atoms with Gasteiger partial charge in [0.1, 0.15) is 6.61 Å². The van der Waals surface area contributed by atoms with Gasteiger partial charge < -0.3 is 33.2 Å². The molecule has 1 N–H and O–H groups in total. The average molecular weight is 484 g/mol. The number of carbonyl (C=O) groups excluding carboxylic acids is 1. The van der Waals surface area contributed by atoms with Crippen LogP contribution in [0.1, 0.15) is 12.8 Å². The van der Waals surface area contributed by atoms with E-state index in [0.29, 0.717) is 12.5 Å². The highest BCUT2D eigenvalue weighted by molar-refractivity contribution is 7.14. The minimum absolute atomic E-state index is 0. The number of quaternary nitrogens is 1. The van der Waals surface area contributed by atoms with E-state index in [0.717, 1.165) is 33.1 Å². The second-order valence-electron chi connectivity index (χ2n) is 7.60. The average Bonchev–Trinajstić information content (AvgIpc) is 3.09. The maximum absolute atomic E-state index is 12.3. The number of thiophene rings is 1. The van der Waals surface area contributed by atoms with E-state index in [9.17, 15) is 4.79 Å². The van der Waals surface area contributed by atoms with Crippen LogP contribution in [0.4, 0.5) is 10.5 Å². The van der Waals surface area contributed by atoms with Crippen molar-refractivity contribution in [2.24, 2.45) is 11.8 Å². The van der Waals surface area contributed by atoms with Crippen molar-refractivity contribution in [2.75, 3.05) is 38.6 Å². The number of carbonyl (C=O) groups is 1. The maximum Gasteiger partial charge on any atom is 0.411 e. The Hall–Kier alpha value is -1.12. The highest BCUT2D eigenvalue weighted by atomic mass is 127. The summed E-state index contributed by atoms with van der Waals surface area (Å²) in [6, 6.07) is 12.1. The van der Waals surface area contributed by atoms with Crippen LogP contribution < -0.4 is 29.3 Å². The summed E-state index contributed by atoms with van der Waals surface area (Å²) in [5.41, 5.74) is 1.94. The molecule has 0 saturated carbocycles. The normalized spacial score (nSPS) is 26.8. The molecule has 2 bridgehead atoms. The van der Waals surface area contributed by atoms with Crippen LogP contribution in [0.3, 0.4) is 0 Å². The van der Waals surface area contributed by atoms with Crippen LogP contribution in [0, 0.1) is 11.8 Å². The molecule has 1 aromatic carbocycles. The fourth-order valence-corrected chi connectivity index (χ4v) is 5.18. The number of hydrogen-bond acceptors (Lipinski definition) is 3. The number of ether oxygens (including phenoxy) is 1. The van der Waals surface area contributed by atoms with Gasteiger partial charge in [0.15, 0.2) is 0 Å². The van der Waals surface area contributed by atoms with E-state index < -0.39 is 0 Å². The number of piperidine rings is 3. The molecule has 5 rings (SSSR count). The Bertz CT molecular complexity index is 741. The molecule has 6 heteroatoms. The molecule has 4 heterocycles. The molecule has 2 aromatic rings. The number of nitrogens with one attached hydrogen (secondary N) is 1. The van der Waals surface area contributed by atoms with Crippen LogP contribution in [-0.2, 0) is 4.74 Å². The van der Waals surface area contributed by atoms with Gasteiger partial charge in [0, 0.05) is 18.8 Å². The predicted octanol–water partition coefficient (Wildman–Crippen LogP) is 1.45. The van der Waals surface area contributed by atoms with Crippen molar-refractivity contribution in [3.05, 3.63) is 41.8 Å². The number of halogens is 1. The van der Waals surface area contributed by atoms with E-state index in [2.05, 4.69) is 24.5 Å². The van der Waals surface area contributed by atoms with Gasteiger partial charge in [-0.05, 0) is 22.9 Å². The van der Waals surface area contributed by atoms with Gasteiger partial charge in [-0.25, -0.2) is 4.79 Å². The molecule has 0 spiro atoms. The summed E-state index contributed by atoms with van der Waals surface area (Å²) in [5, 5.41) is 4.92. The quantitative estimate of drug-likeness (QED) is 0.528. The SMILES string of the molecule is C[N+]12CCC(CC1)C(COC(=O)Nc1ccsc1-c1ccccc1)C2.[I-]. The van der Waals surface area contributed by atoms with E-state index >= 15 is 0 Å². The van der Waals surface area contributed by atoms with E-state index in [-0.39, 0.29) is 30.1 Å². The summed E-state index contributed by atoms with van der Waals surface area (Å²) in [4.78, 5) is 13.4. The van der Waals surface area contributed by atoms with E-state index in [4.69, 9.17) is 4.74 Å². The third kappa shape index (κ3) is 4.23. The molecule has 1 unspecified atom stereocenters. The van der Waals surface area contributed by atoms with E-state index in [1.54, 1.807) is 11.3 Å². The van der Waals surface area contributed by atoms with E-state index in [1.165, 1.54) is 25.9 Å². The Kier molecular flexibility index (Phi) is 6.25. The monoisotopic (exact) mass is 484 g/mol. The Labute approximate surface area is 176 Å². The molecule has 3 aliphatic heterocycles. The number of fused-ring (bicyclic) bond motifs is 3. The van der Waals surface area contributed by atoms with E-state index in [1.807, 2.05) is 29.6 Å². The molecule has 3 aliphatic rings. The van der Waals surface area contributed by atoms with Gasteiger partial charge in [-0.1, -0.05) is 30.3 Å². The topological polar surface area (TPSA) is 38.3 Å². The molecular weight excluding hydrogens is 459 g/mol. The van der Waals surface area contributed by atoms with Crippen molar-refractivity contribution in [3.8, 4) is 10.4 Å². The zero-order valence-electron chi connectivity index (χ0n) is 15.0. The molecule has 0 aliphatic carbocycles. The van der Waals surface area contributed by atoms with Crippen LogP contribution >= 0.6 is 11.3 Å². The molecule has 1 aromatic heterocycles. The summed E-state index contributed by atoms with van der Waals surface area (Å²) >= 11 is 1.63. The third-order valence-electron chi connectivity index (χ3n) is 5.79. The van der Waals surface area contributed by atoms with Crippen LogP contribution in [0.2, 0.25) is 0 Å². The zero-order chi connectivity index (χ0) is 17.3. The Balaban J connectivity index is 0.00000196. The lowest BCUT2D eigenvalue weighted by atomic mass is 9.78. The molecule has 1 amide bonds. The first-order chi connectivity index (χ1) is 12.1. The molecule has 1 atom stereocenters. The standard InChI is InChI=1S/C20H24N2O2S.HI/c1-22-10-7-15(8-11-22)17(13-22)14-24-20(23)21-18-9-12-25-19(18)16-5-3-2-4-6-16;/h2-6,9,12,15,17H,7-8,10-11,13-14H2,1H3;1H. The first-order valence-electron chi connectivity index (χ1n) is 9.03. The minimum Gasteiger partial charge on any atom is -1.00 e. The van der Waals surface area contributed by atoms with Crippen molar-refractivity contribution in [3.63, 3.8) is 0 Å². The van der Waals surface area contributed by atoms with Gasteiger partial charge in [-0.3, -0.25) is 5.32 Å².